The largest absolute Gasteiger partial charge is 0.379 e. The molecule has 0 unspecified atom stereocenters. The maximum Gasteiger partial charge on any atom is 0.243 e. The molecule has 1 amide bonds. The maximum absolute atomic E-state index is 13.8. The summed E-state index contributed by atoms with van der Waals surface area (Å²) in [4.78, 5) is 16.3. The Morgan fingerprint density at radius 1 is 0.939 bits per heavy atom. The van der Waals surface area contributed by atoms with Crippen molar-refractivity contribution in [2.45, 2.75) is 56.3 Å². The fourth-order valence-electron chi connectivity index (χ4n) is 7.59. The minimum absolute atomic E-state index is 0.114. The number of carbonyl (C=O) groups is 1. The topological polar surface area (TPSA) is 79.0 Å². The minimum atomic E-state index is -3.62. The highest BCUT2D eigenvalue weighted by molar-refractivity contribution is 7.89. The van der Waals surface area contributed by atoms with E-state index in [-0.39, 0.29) is 16.2 Å². The van der Waals surface area contributed by atoms with Gasteiger partial charge in [-0.15, -0.1) is 0 Å². The van der Waals surface area contributed by atoms with E-state index in [2.05, 4.69) is 10.2 Å². The summed E-state index contributed by atoms with van der Waals surface area (Å²) in [6, 6.07) is 5.31. The van der Waals surface area contributed by atoms with Crippen molar-refractivity contribution >= 4 is 27.3 Å². The number of carbonyl (C=O) groups excluding carboxylic acids is 1. The predicted molar refractivity (Wildman–Crippen MR) is 127 cm³/mol. The number of ether oxygens (including phenoxy) is 1. The Morgan fingerprint density at radius 2 is 1.55 bits per heavy atom. The molecule has 1 aromatic rings. The van der Waals surface area contributed by atoms with Crippen molar-refractivity contribution in [1.29, 1.82) is 0 Å². The highest BCUT2D eigenvalue weighted by Crippen LogP contribution is 2.60. The first-order valence-electron chi connectivity index (χ1n) is 12.7. The zero-order valence-electron chi connectivity index (χ0n) is 19.3. The average Bonchev–Trinajstić information content (AvgIpc) is 3.33. The van der Waals surface area contributed by atoms with Crippen molar-refractivity contribution in [1.82, 2.24) is 4.31 Å². The van der Waals surface area contributed by atoms with Crippen LogP contribution in [0.4, 0.5) is 11.4 Å². The molecule has 6 fully saturated rings. The van der Waals surface area contributed by atoms with Crippen LogP contribution < -0.4 is 10.2 Å². The standard InChI is InChI=1S/C25H35N3O4S/c29-24(25-15-18-11-19(16-25)13-20(12-18)17-25)26-22-14-21(3-4-23(22)27-5-1-2-6-27)33(30,31)28-7-9-32-10-8-28/h3-4,14,18-20H,1-2,5-13,15-17H2,(H,26,29). The SMILES string of the molecule is O=C(Nc1cc(S(=O)(=O)N2CCOCC2)ccc1N1CCCC1)C12CC3CC(CC(C3)C1)C2. The molecule has 2 heterocycles. The molecule has 1 aromatic carbocycles. The summed E-state index contributed by atoms with van der Waals surface area (Å²) in [5.41, 5.74) is 1.34. The summed E-state index contributed by atoms with van der Waals surface area (Å²) in [5, 5.41) is 3.27. The van der Waals surface area contributed by atoms with Gasteiger partial charge in [-0.05, 0) is 87.3 Å². The molecule has 7 nitrogen and oxygen atoms in total. The molecule has 180 valence electrons. The molecule has 2 saturated heterocycles. The molecule has 0 radical (unpaired) electrons. The Morgan fingerprint density at radius 3 is 2.15 bits per heavy atom. The first-order chi connectivity index (χ1) is 15.9. The summed E-state index contributed by atoms with van der Waals surface area (Å²) in [7, 11) is -3.62. The third-order valence-corrected chi connectivity index (χ3v) is 10.7. The second kappa shape index (κ2) is 8.24. The van der Waals surface area contributed by atoms with Gasteiger partial charge in [-0.2, -0.15) is 4.31 Å². The number of anilines is 2. The molecule has 0 aromatic heterocycles. The van der Waals surface area contributed by atoms with Crippen molar-refractivity contribution in [3.05, 3.63) is 18.2 Å². The van der Waals surface area contributed by atoms with E-state index in [0.29, 0.717) is 49.7 Å². The van der Waals surface area contributed by atoms with Gasteiger partial charge in [-0.1, -0.05) is 0 Å². The van der Waals surface area contributed by atoms with E-state index in [4.69, 9.17) is 4.74 Å². The van der Waals surface area contributed by atoms with E-state index in [1.54, 1.807) is 12.1 Å². The number of amides is 1. The number of sulfonamides is 1. The van der Waals surface area contributed by atoms with Crippen molar-refractivity contribution < 1.29 is 17.9 Å². The van der Waals surface area contributed by atoms with Crippen LogP contribution in [0.1, 0.15) is 51.4 Å². The summed E-state index contributed by atoms with van der Waals surface area (Å²) >= 11 is 0. The van der Waals surface area contributed by atoms with Crippen LogP contribution in [-0.2, 0) is 19.6 Å². The summed E-state index contributed by atoms with van der Waals surface area (Å²) in [6.07, 6.45) is 9.10. The fourth-order valence-corrected chi connectivity index (χ4v) is 9.02. The van der Waals surface area contributed by atoms with E-state index < -0.39 is 10.0 Å². The molecule has 4 aliphatic carbocycles. The lowest BCUT2D eigenvalue weighted by Crippen LogP contribution is -2.51. The van der Waals surface area contributed by atoms with Gasteiger partial charge in [0.25, 0.3) is 0 Å². The summed E-state index contributed by atoms with van der Waals surface area (Å²) in [5.74, 6) is 2.18. The maximum atomic E-state index is 13.8. The smallest absolute Gasteiger partial charge is 0.243 e. The van der Waals surface area contributed by atoms with Crippen molar-refractivity contribution in [2.75, 3.05) is 49.6 Å². The number of benzene rings is 1. The number of nitrogens with one attached hydrogen (secondary N) is 1. The van der Waals surface area contributed by atoms with E-state index in [9.17, 15) is 13.2 Å². The van der Waals surface area contributed by atoms with Crippen molar-refractivity contribution in [3.63, 3.8) is 0 Å². The Labute approximate surface area is 196 Å². The number of nitrogens with zero attached hydrogens (tertiary/aromatic N) is 2. The lowest BCUT2D eigenvalue weighted by molar-refractivity contribution is -0.140. The van der Waals surface area contributed by atoms with Gasteiger partial charge in [0.05, 0.1) is 34.9 Å². The quantitative estimate of drug-likeness (QED) is 0.709. The lowest BCUT2D eigenvalue weighted by Gasteiger charge is -2.55. The third kappa shape index (κ3) is 3.88. The van der Waals surface area contributed by atoms with Gasteiger partial charge < -0.3 is 15.0 Å². The minimum Gasteiger partial charge on any atom is -0.379 e. The Hall–Kier alpha value is -1.64. The first-order valence-corrected chi connectivity index (χ1v) is 14.2. The Balaban J connectivity index is 1.32. The summed E-state index contributed by atoms with van der Waals surface area (Å²) < 4.78 is 33.5. The molecule has 1 N–H and O–H groups in total. The molecule has 7 rings (SSSR count). The molecule has 6 aliphatic rings. The van der Waals surface area contributed by atoms with E-state index in [1.165, 1.54) is 23.6 Å². The van der Waals surface area contributed by atoms with Gasteiger partial charge in [0.2, 0.25) is 15.9 Å². The molecule has 4 bridgehead atoms. The van der Waals surface area contributed by atoms with Crippen LogP contribution in [0.15, 0.2) is 23.1 Å². The average molecular weight is 474 g/mol. The molecule has 0 spiro atoms. The molecule has 0 atom stereocenters. The first kappa shape index (κ1) is 21.9. The molecule has 4 saturated carbocycles. The third-order valence-electron chi connectivity index (χ3n) is 8.79. The van der Waals surface area contributed by atoms with Gasteiger partial charge in [0.15, 0.2) is 0 Å². The second-order valence-corrected chi connectivity index (χ2v) is 13.0. The van der Waals surface area contributed by atoms with Gasteiger partial charge in [-0.25, -0.2) is 8.42 Å². The van der Waals surface area contributed by atoms with Crippen molar-refractivity contribution in [2.24, 2.45) is 23.2 Å². The van der Waals surface area contributed by atoms with Crippen LogP contribution in [0.3, 0.4) is 0 Å². The van der Waals surface area contributed by atoms with Crippen LogP contribution in [0.25, 0.3) is 0 Å². The van der Waals surface area contributed by atoms with Crippen LogP contribution in [-0.4, -0.2) is 58.0 Å². The number of hydrogen-bond acceptors (Lipinski definition) is 5. The van der Waals surface area contributed by atoms with E-state index >= 15 is 0 Å². The number of morpholine rings is 1. The Kier molecular flexibility index (Phi) is 5.46. The molecular formula is C25H35N3O4S. The predicted octanol–water partition coefficient (Wildman–Crippen LogP) is 3.46. The summed E-state index contributed by atoms with van der Waals surface area (Å²) in [6.45, 7) is 3.45. The number of hydrogen-bond donors (Lipinski definition) is 1. The van der Waals surface area contributed by atoms with Crippen LogP contribution >= 0.6 is 0 Å². The van der Waals surface area contributed by atoms with Crippen molar-refractivity contribution in [3.8, 4) is 0 Å². The van der Waals surface area contributed by atoms with Crippen LogP contribution in [0.2, 0.25) is 0 Å². The van der Waals surface area contributed by atoms with Gasteiger partial charge >= 0.3 is 0 Å². The highest BCUT2D eigenvalue weighted by atomic mass is 32.2. The molecule has 2 aliphatic heterocycles. The molecular weight excluding hydrogens is 438 g/mol. The van der Waals surface area contributed by atoms with Crippen LogP contribution in [0.5, 0.6) is 0 Å². The van der Waals surface area contributed by atoms with E-state index in [1.807, 2.05) is 6.07 Å². The van der Waals surface area contributed by atoms with Gasteiger partial charge in [0, 0.05) is 26.2 Å². The van der Waals surface area contributed by atoms with Gasteiger partial charge in [-0.3, -0.25) is 4.79 Å². The zero-order valence-corrected chi connectivity index (χ0v) is 20.1. The van der Waals surface area contributed by atoms with E-state index in [0.717, 1.165) is 50.9 Å². The fraction of sp³-hybridized carbons (Fsp3) is 0.720. The second-order valence-electron chi connectivity index (χ2n) is 11.0. The molecule has 33 heavy (non-hydrogen) atoms. The monoisotopic (exact) mass is 473 g/mol. The normalized spacial score (nSPS) is 34.1. The number of rotatable bonds is 5. The molecule has 8 heteroatoms. The Bertz CT molecular complexity index is 993. The van der Waals surface area contributed by atoms with Gasteiger partial charge in [0.1, 0.15) is 0 Å². The zero-order chi connectivity index (χ0) is 22.6. The highest BCUT2D eigenvalue weighted by Gasteiger charge is 2.54. The lowest BCUT2D eigenvalue weighted by atomic mass is 9.49. The van der Waals surface area contributed by atoms with Crippen LogP contribution in [0, 0.1) is 23.2 Å².